The van der Waals surface area contributed by atoms with Crippen LogP contribution in [0.15, 0.2) is 8.95 Å². The Balaban J connectivity index is 3.51. The number of halogens is 2. The zero-order valence-corrected chi connectivity index (χ0v) is 13.7. The van der Waals surface area contributed by atoms with Crippen LogP contribution in [0.4, 0.5) is 0 Å². The fourth-order valence-electron chi connectivity index (χ4n) is 1.90. The van der Waals surface area contributed by atoms with Crippen molar-refractivity contribution in [2.45, 2.75) is 12.8 Å². The normalized spacial score (nSPS) is 10.6. The maximum Gasteiger partial charge on any atom is 0.137 e. The lowest BCUT2D eigenvalue weighted by Gasteiger charge is -2.19. The zero-order valence-electron chi connectivity index (χ0n) is 10.6. The van der Waals surface area contributed by atoms with Crippen LogP contribution in [0.5, 0.6) is 11.5 Å². The van der Waals surface area contributed by atoms with E-state index in [0.29, 0.717) is 25.9 Å². The first-order chi connectivity index (χ1) is 8.62. The SMILES string of the molecule is COc1c(Br)c(CCN)c(OC)c(Br)c1CCN. The van der Waals surface area contributed by atoms with Gasteiger partial charge >= 0.3 is 0 Å². The summed E-state index contributed by atoms with van der Waals surface area (Å²) in [7, 11) is 3.29. The second kappa shape index (κ2) is 7.33. The number of methoxy groups -OCH3 is 2. The highest BCUT2D eigenvalue weighted by Gasteiger charge is 2.21. The Morgan fingerprint density at radius 3 is 1.39 bits per heavy atom. The number of hydrogen-bond acceptors (Lipinski definition) is 4. The van der Waals surface area contributed by atoms with E-state index in [9.17, 15) is 0 Å². The second-order valence-electron chi connectivity index (χ2n) is 3.73. The Bertz CT molecular complexity index is 386. The van der Waals surface area contributed by atoms with E-state index < -0.39 is 0 Å². The predicted octanol–water partition coefficient (Wildman–Crippen LogP) is 2.23. The third-order valence-electron chi connectivity index (χ3n) is 2.67. The first-order valence-corrected chi connectivity index (χ1v) is 7.21. The van der Waals surface area contributed by atoms with Gasteiger partial charge < -0.3 is 20.9 Å². The Morgan fingerprint density at radius 1 is 0.833 bits per heavy atom. The largest absolute Gasteiger partial charge is 0.495 e. The molecule has 1 rings (SSSR count). The van der Waals surface area contributed by atoms with Gasteiger partial charge in [-0.3, -0.25) is 0 Å². The minimum absolute atomic E-state index is 0.542. The van der Waals surface area contributed by atoms with Crippen LogP contribution in [0, 0.1) is 0 Å². The number of nitrogens with two attached hydrogens (primary N) is 2. The molecule has 0 saturated carbocycles. The minimum atomic E-state index is 0.542. The van der Waals surface area contributed by atoms with Crippen LogP contribution < -0.4 is 20.9 Å². The third-order valence-corrected chi connectivity index (χ3v) is 4.35. The molecule has 0 unspecified atom stereocenters. The molecule has 6 heteroatoms. The Kier molecular flexibility index (Phi) is 6.42. The van der Waals surface area contributed by atoms with Crippen LogP contribution in [0.1, 0.15) is 11.1 Å². The quantitative estimate of drug-likeness (QED) is 0.792. The molecule has 0 radical (unpaired) electrons. The molecule has 1 aromatic rings. The van der Waals surface area contributed by atoms with E-state index in [2.05, 4.69) is 31.9 Å². The van der Waals surface area contributed by atoms with Crippen molar-refractivity contribution in [2.24, 2.45) is 11.5 Å². The average Bonchev–Trinajstić information content (AvgIpc) is 2.36. The molecule has 0 heterocycles. The highest BCUT2D eigenvalue weighted by atomic mass is 79.9. The molecule has 0 aliphatic rings. The molecule has 0 bridgehead atoms. The number of hydrogen-bond donors (Lipinski definition) is 2. The van der Waals surface area contributed by atoms with Crippen LogP contribution in [0.2, 0.25) is 0 Å². The highest BCUT2D eigenvalue weighted by molar-refractivity contribution is 9.11. The molecule has 0 aliphatic carbocycles. The molecule has 4 nitrogen and oxygen atoms in total. The van der Waals surface area contributed by atoms with Gasteiger partial charge in [0.05, 0.1) is 23.2 Å². The number of ether oxygens (including phenoxy) is 2. The maximum atomic E-state index is 5.64. The molecule has 0 amide bonds. The number of benzene rings is 1. The van der Waals surface area contributed by atoms with Crippen molar-refractivity contribution < 1.29 is 9.47 Å². The van der Waals surface area contributed by atoms with E-state index in [1.54, 1.807) is 14.2 Å². The fraction of sp³-hybridized carbons (Fsp3) is 0.500. The lowest BCUT2D eigenvalue weighted by Crippen LogP contribution is -2.10. The summed E-state index contributed by atoms with van der Waals surface area (Å²) < 4.78 is 12.7. The highest BCUT2D eigenvalue weighted by Crippen LogP contribution is 2.45. The van der Waals surface area contributed by atoms with Crippen LogP contribution in [-0.4, -0.2) is 27.3 Å². The Morgan fingerprint density at radius 2 is 1.17 bits per heavy atom. The topological polar surface area (TPSA) is 70.5 Å². The van der Waals surface area contributed by atoms with Crippen molar-refractivity contribution in [3.05, 3.63) is 20.1 Å². The van der Waals surface area contributed by atoms with Gasteiger partial charge in [-0.2, -0.15) is 0 Å². The molecule has 0 aromatic heterocycles. The summed E-state index contributed by atoms with van der Waals surface area (Å²) >= 11 is 7.13. The van der Waals surface area contributed by atoms with Crippen molar-refractivity contribution >= 4 is 31.9 Å². The predicted molar refractivity (Wildman–Crippen MR) is 80.5 cm³/mol. The van der Waals surface area contributed by atoms with Crippen LogP contribution in [-0.2, 0) is 12.8 Å². The third kappa shape index (κ3) is 2.99. The summed E-state index contributed by atoms with van der Waals surface area (Å²) in [5.41, 5.74) is 13.3. The fourth-order valence-corrected chi connectivity index (χ4v) is 3.46. The molecule has 0 spiro atoms. The molecule has 1 aromatic carbocycles. The van der Waals surface area contributed by atoms with Crippen molar-refractivity contribution in [3.63, 3.8) is 0 Å². The van der Waals surface area contributed by atoms with Crippen molar-refractivity contribution in [1.29, 1.82) is 0 Å². The summed E-state index contributed by atoms with van der Waals surface area (Å²) in [5.74, 6) is 1.58. The van der Waals surface area contributed by atoms with Gasteiger partial charge in [-0.25, -0.2) is 0 Å². The summed E-state index contributed by atoms with van der Waals surface area (Å²) in [4.78, 5) is 0. The molecular formula is C12H18Br2N2O2. The lowest BCUT2D eigenvalue weighted by atomic mass is 10.0. The molecule has 0 fully saturated rings. The van der Waals surface area contributed by atoms with E-state index in [1.807, 2.05) is 0 Å². The molecule has 18 heavy (non-hydrogen) atoms. The van der Waals surface area contributed by atoms with Crippen molar-refractivity contribution in [2.75, 3.05) is 27.3 Å². The first-order valence-electron chi connectivity index (χ1n) is 5.63. The van der Waals surface area contributed by atoms with E-state index in [4.69, 9.17) is 20.9 Å². The van der Waals surface area contributed by atoms with Gasteiger partial charge in [-0.05, 0) is 57.8 Å². The maximum absolute atomic E-state index is 5.64. The molecule has 4 N–H and O–H groups in total. The summed E-state index contributed by atoms with van der Waals surface area (Å²) in [5, 5.41) is 0. The minimum Gasteiger partial charge on any atom is -0.495 e. The molecule has 0 saturated heterocycles. The van der Waals surface area contributed by atoms with Crippen molar-refractivity contribution in [1.82, 2.24) is 0 Å². The lowest BCUT2D eigenvalue weighted by molar-refractivity contribution is 0.390. The van der Waals surface area contributed by atoms with Gasteiger partial charge in [-0.1, -0.05) is 0 Å². The monoisotopic (exact) mass is 380 g/mol. The van der Waals surface area contributed by atoms with Crippen LogP contribution >= 0.6 is 31.9 Å². The summed E-state index contributed by atoms with van der Waals surface area (Å²) in [6.45, 7) is 1.08. The molecule has 102 valence electrons. The number of rotatable bonds is 6. The van der Waals surface area contributed by atoms with E-state index >= 15 is 0 Å². The Hall–Kier alpha value is -0.300. The van der Waals surface area contributed by atoms with Gasteiger partial charge in [-0.15, -0.1) is 0 Å². The van der Waals surface area contributed by atoms with Gasteiger partial charge in [0.1, 0.15) is 11.5 Å². The van der Waals surface area contributed by atoms with Crippen LogP contribution in [0.3, 0.4) is 0 Å². The van der Waals surface area contributed by atoms with Gasteiger partial charge in [0.2, 0.25) is 0 Å². The molecular weight excluding hydrogens is 364 g/mol. The van der Waals surface area contributed by atoms with Gasteiger partial charge in [0.25, 0.3) is 0 Å². The van der Waals surface area contributed by atoms with Gasteiger partial charge in [0.15, 0.2) is 0 Å². The smallest absolute Gasteiger partial charge is 0.137 e. The molecule has 0 atom stereocenters. The van der Waals surface area contributed by atoms with Crippen molar-refractivity contribution in [3.8, 4) is 11.5 Å². The first kappa shape index (κ1) is 15.8. The second-order valence-corrected chi connectivity index (χ2v) is 5.31. The van der Waals surface area contributed by atoms with E-state index in [0.717, 1.165) is 31.6 Å². The van der Waals surface area contributed by atoms with E-state index in [1.165, 1.54) is 0 Å². The molecule has 0 aliphatic heterocycles. The van der Waals surface area contributed by atoms with Gasteiger partial charge in [0, 0.05) is 11.1 Å². The summed E-state index contributed by atoms with van der Waals surface area (Å²) in [6.07, 6.45) is 1.42. The standard InChI is InChI=1S/C12H18Br2N2O2/c1-17-11-7(3-5-15)10(14)12(18-2)8(4-6-16)9(11)13/h3-6,15-16H2,1-2H3. The Labute approximate surface area is 124 Å². The summed E-state index contributed by atoms with van der Waals surface area (Å²) in [6, 6.07) is 0. The zero-order chi connectivity index (χ0) is 13.7. The average molecular weight is 382 g/mol. The van der Waals surface area contributed by atoms with E-state index in [-0.39, 0.29) is 0 Å². The van der Waals surface area contributed by atoms with Crippen LogP contribution in [0.25, 0.3) is 0 Å².